The monoisotopic (exact) mass is 223 g/mol. The van der Waals surface area contributed by atoms with E-state index >= 15 is 0 Å². The average Bonchev–Trinajstić information content (AvgIpc) is 2.46. The predicted octanol–water partition coefficient (Wildman–Crippen LogP) is 0.430. The largest absolute Gasteiger partial charge is 0.301 e. The summed E-state index contributed by atoms with van der Waals surface area (Å²) in [6.45, 7) is 0. The molecule has 0 aliphatic carbocycles. The van der Waals surface area contributed by atoms with E-state index in [1.807, 2.05) is 24.3 Å². The van der Waals surface area contributed by atoms with Gasteiger partial charge in [0.15, 0.2) is 0 Å². The van der Waals surface area contributed by atoms with E-state index in [1.54, 1.807) is 0 Å². The highest BCUT2D eigenvalue weighted by molar-refractivity contribution is 9.10. The highest BCUT2D eigenvalue weighted by Crippen LogP contribution is 2.03. The van der Waals surface area contributed by atoms with Crippen molar-refractivity contribution in [1.29, 1.82) is 0 Å². The molecule has 1 aromatic carbocycles. The minimum absolute atomic E-state index is 0.283. The Balaban J connectivity index is 2.69. The number of aldehydes is 1. The van der Waals surface area contributed by atoms with Crippen molar-refractivity contribution in [2.24, 2.45) is 4.99 Å². The molecule has 12 heavy (non-hydrogen) atoms. The molecule has 1 atom stereocenters. The number of halogens is 1. The molecule has 0 radical (unpaired) electrons. The molecule has 60 valence electrons. The third kappa shape index (κ3) is 1.20. The molecular formula is C9H6BrNO. The van der Waals surface area contributed by atoms with Crippen molar-refractivity contribution in [1.82, 2.24) is 0 Å². The zero-order chi connectivity index (χ0) is 8.55. The summed E-state index contributed by atoms with van der Waals surface area (Å²) in [6.07, 6.45) is 2.70. The molecule has 0 aromatic heterocycles. The normalized spacial score (nSPS) is 19.2. The van der Waals surface area contributed by atoms with Gasteiger partial charge < -0.3 is 4.79 Å². The molecule has 1 aromatic rings. The Morgan fingerprint density at radius 1 is 1.50 bits per heavy atom. The van der Waals surface area contributed by atoms with Gasteiger partial charge in [-0.05, 0) is 23.4 Å². The summed E-state index contributed by atoms with van der Waals surface area (Å²) in [5.74, 6) is 0. The maximum absolute atomic E-state index is 10.4. The lowest BCUT2D eigenvalue weighted by Gasteiger charge is -1.86. The Morgan fingerprint density at radius 3 is 3.08 bits per heavy atom. The quantitative estimate of drug-likeness (QED) is 0.636. The van der Waals surface area contributed by atoms with Crippen LogP contribution in [0.25, 0.3) is 6.08 Å². The van der Waals surface area contributed by atoms with Gasteiger partial charge >= 0.3 is 0 Å². The fraction of sp³-hybridized carbons (Fsp3) is 0.111. The van der Waals surface area contributed by atoms with Gasteiger partial charge in [-0.2, -0.15) is 0 Å². The van der Waals surface area contributed by atoms with Crippen molar-refractivity contribution < 1.29 is 4.79 Å². The van der Waals surface area contributed by atoms with Gasteiger partial charge in [0.05, 0.1) is 5.36 Å². The fourth-order valence-corrected chi connectivity index (χ4v) is 1.57. The van der Waals surface area contributed by atoms with Crippen LogP contribution in [0.3, 0.4) is 0 Å². The Labute approximate surface area is 77.8 Å². The number of hydrogen-bond donors (Lipinski definition) is 0. The van der Waals surface area contributed by atoms with E-state index in [0.717, 1.165) is 21.3 Å². The van der Waals surface area contributed by atoms with Crippen molar-refractivity contribution in [2.45, 2.75) is 6.04 Å². The molecule has 2 rings (SSSR count). The van der Waals surface area contributed by atoms with E-state index in [4.69, 9.17) is 0 Å². The zero-order valence-electron chi connectivity index (χ0n) is 6.20. The molecule has 1 aliphatic rings. The molecule has 0 saturated heterocycles. The molecule has 0 spiro atoms. The van der Waals surface area contributed by atoms with Crippen molar-refractivity contribution >= 4 is 28.3 Å². The Morgan fingerprint density at radius 2 is 2.33 bits per heavy atom. The minimum atomic E-state index is -0.283. The van der Waals surface area contributed by atoms with Crippen LogP contribution in [-0.4, -0.2) is 12.3 Å². The number of carbonyl (C=O) groups is 1. The van der Waals surface area contributed by atoms with Gasteiger partial charge in [-0.25, -0.2) is 0 Å². The van der Waals surface area contributed by atoms with E-state index < -0.39 is 0 Å². The van der Waals surface area contributed by atoms with Crippen LogP contribution >= 0.6 is 15.9 Å². The van der Waals surface area contributed by atoms with Crippen LogP contribution in [0.1, 0.15) is 0 Å². The second kappa shape index (κ2) is 2.83. The van der Waals surface area contributed by atoms with Gasteiger partial charge in [0.25, 0.3) is 0 Å². The highest BCUT2D eigenvalue weighted by Gasteiger charge is 2.05. The van der Waals surface area contributed by atoms with Gasteiger partial charge in [-0.3, -0.25) is 4.99 Å². The minimum Gasteiger partial charge on any atom is -0.301 e. The van der Waals surface area contributed by atoms with Crippen LogP contribution in [0.2, 0.25) is 0 Å². The van der Waals surface area contributed by atoms with Crippen molar-refractivity contribution in [3.63, 3.8) is 0 Å². The van der Waals surface area contributed by atoms with Crippen LogP contribution < -0.4 is 10.6 Å². The van der Waals surface area contributed by atoms with Crippen LogP contribution in [0.4, 0.5) is 0 Å². The first kappa shape index (κ1) is 7.68. The summed E-state index contributed by atoms with van der Waals surface area (Å²) in [5, 5.41) is 1.93. The summed E-state index contributed by atoms with van der Waals surface area (Å²) in [7, 11) is 0. The Hall–Kier alpha value is -0.960. The van der Waals surface area contributed by atoms with Gasteiger partial charge in [0.2, 0.25) is 0 Å². The summed E-state index contributed by atoms with van der Waals surface area (Å²) in [6, 6.07) is 5.52. The van der Waals surface area contributed by atoms with Crippen LogP contribution in [0.15, 0.2) is 27.7 Å². The maximum atomic E-state index is 10.4. The molecule has 1 heterocycles. The number of fused-ring (bicyclic) bond motifs is 1. The van der Waals surface area contributed by atoms with Crippen LogP contribution in [0, 0.1) is 0 Å². The smallest absolute Gasteiger partial charge is 0.148 e. The highest BCUT2D eigenvalue weighted by atomic mass is 79.9. The Bertz CT molecular complexity index is 438. The third-order valence-corrected chi connectivity index (χ3v) is 2.26. The zero-order valence-corrected chi connectivity index (χ0v) is 7.78. The van der Waals surface area contributed by atoms with E-state index in [9.17, 15) is 4.79 Å². The lowest BCUT2D eigenvalue weighted by molar-refractivity contribution is -0.107. The third-order valence-electron chi connectivity index (χ3n) is 1.77. The first-order chi connectivity index (χ1) is 5.79. The molecule has 1 aliphatic heterocycles. The Kier molecular flexibility index (Phi) is 1.81. The van der Waals surface area contributed by atoms with E-state index in [0.29, 0.717) is 0 Å². The topological polar surface area (TPSA) is 29.4 Å². The second-order valence-electron chi connectivity index (χ2n) is 2.63. The lowest BCUT2D eigenvalue weighted by Crippen LogP contribution is -2.20. The lowest BCUT2D eigenvalue weighted by atomic mass is 10.2. The number of nitrogens with zero attached hydrogens (tertiary/aromatic N) is 1. The summed E-state index contributed by atoms with van der Waals surface area (Å²) < 4.78 is 0.991. The van der Waals surface area contributed by atoms with Crippen LogP contribution in [0.5, 0.6) is 0 Å². The first-order valence-corrected chi connectivity index (χ1v) is 4.39. The standard InChI is InChI=1S/C9H6BrNO/c10-7-2-1-6-3-8(5-12)11-9(6)4-7/h1-5,8H/t8-/m1/s1. The van der Waals surface area contributed by atoms with Crippen LogP contribution in [-0.2, 0) is 4.79 Å². The number of rotatable bonds is 1. The van der Waals surface area contributed by atoms with Gasteiger partial charge in [0.1, 0.15) is 12.3 Å². The first-order valence-electron chi connectivity index (χ1n) is 3.60. The molecule has 0 bridgehead atoms. The van der Waals surface area contributed by atoms with E-state index in [-0.39, 0.29) is 6.04 Å². The molecule has 0 N–H and O–H groups in total. The maximum Gasteiger partial charge on any atom is 0.148 e. The summed E-state index contributed by atoms with van der Waals surface area (Å²) in [5.41, 5.74) is 0. The fourth-order valence-electron chi connectivity index (χ4n) is 1.22. The SMILES string of the molecule is O=C[C@H]1C=c2ccc(Br)cc2=N1. The molecule has 0 fully saturated rings. The summed E-state index contributed by atoms with van der Waals surface area (Å²) >= 11 is 3.34. The molecular weight excluding hydrogens is 218 g/mol. The predicted molar refractivity (Wildman–Crippen MR) is 49.2 cm³/mol. The molecule has 0 saturated carbocycles. The van der Waals surface area contributed by atoms with Gasteiger partial charge in [-0.15, -0.1) is 0 Å². The number of hydrogen-bond acceptors (Lipinski definition) is 2. The van der Waals surface area contributed by atoms with Gasteiger partial charge in [-0.1, -0.05) is 22.0 Å². The van der Waals surface area contributed by atoms with E-state index in [1.165, 1.54) is 0 Å². The van der Waals surface area contributed by atoms with E-state index in [2.05, 4.69) is 20.9 Å². The second-order valence-corrected chi connectivity index (χ2v) is 3.54. The van der Waals surface area contributed by atoms with Gasteiger partial charge in [0, 0.05) is 4.47 Å². The van der Waals surface area contributed by atoms with Crippen molar-refractivity contribution in [2.75, 3.05) is 0 Å². The molecule has 0 amide bonds. The molecule has 3 heteroatoms. The number of benzene rings is 1. The molecule has 0 unspecified atom stereocenters. The number of carbonyl (C=O) groups excluding carboxylic acids is 1. The van der Waals surface area contributed by atoms with Crippen molar-refractivity contribution in [3.8, 4) is 0 Å². The summed E-state index contributed by atoms with van der Waals surface area (Å²) in [4.78, 5) is 14.6. The van der Waals surface area contributed by atoms with Crippen molar-refractivity contribution in [3.05, 3.63) is 33.2 Å². The average molecular weight is 224 g/mol. The molecule has 2 nitrogen and oxygen atoms in total.